The maximum atomic E-state index is 13.5. The first-order valence-corrected chi connectivity index (χ1v) is 38.3. The van der Waals surface area contributed by atoms with E-state index in [9.17, 15) is 88.5 Å². The maximum absolute atomic E-state index is 13.5. The highest BCUT2D eigenvalue weighted by atomic mass is 32.5. The van der Waals surface area contributed by atoms with E-state index >= 15 is 0 Å². The number of likely N-dealkylation sites (tertiary alicyclic amines) is 2. The second kappa shape index (κ2) is 46.6. The standard InChI is InChI=1S/C60H109N9O27P2S/c1-38(72)65-52-56(82)54(80)45(34-70)93-59(52)89-28-16-10-20-48(76)63-26-15-9-18-44(67-49(77)21-11-17-29-90-60-53(66-39(2)73)57(83)55(81)46(35-71)94-60)58(84)64-27-14-4-6-19-47(75)62-25-13-5-8-23-50(78)68-32-42(74)30-40(68)36-91-97(86,87)95-43-31-41(37-92-98(88,99)96-85)69(33-43)51(79)22-7-3-12-24-61/h40-46,52-57,59-60,70-71,74,80-83,85H,3-37,61H2,1-2H3,(H,62,75)(H,63,76)(H,64,84)(H,65,72)(H,66,73)(H,67,77)(H,86,87)(H,88,99)/t40-,41-,42+,43+,44-,45?,46?,52-,53-,54-,55-,56+,57+,59?,60?,98?/m0/s1. The molecule has 572 valence electrons. The zero-order valence-corrected chi connectivity index (χ0v) is 59.2. The number of carbonyl (C=O) groups is 8. The number of phosphoric acid groups is 1. The third kappa shape index (κ3) is 32.6. The zero-order valence-electron chi connectivity index (χ0n) is 56.6. The third-order valence-electron chi connectivity index (χ3n) is 17.1. The lowest BCUT2D eigenvalue weighted by Crippen LogP contribution is -2.64. The molecule has 4 fully saturated rings. The van der Waals surface area contributed by atoms with Crippen molar-refractivity contribution in [2.45, 2.75) is 253 Å². The van der Waals surface area contributed by atoms with Crippen molar-refractivity contribution in [1.29, 1.82) is 0 Å². The number of rotatable bonds is 49. The lowest BCUT2D eigenvalue weighted by Gasteiger charge is -2.42. The molecule has 4 saturated heterocycles. The molecule has 36 nitrogen and oxygen atoms in total. The lowest BCUT2D eigenvalue weighted by atomic mass is 9.97. The summed E-state index contributed by atoms with van der Waals surface area (Å²) < 4.78 is 55.6. The van der Waals surface area contributed by atoms with Crippen LogP contribution in [0.4, 0.5) is 0 Å². The Morgan fingerprint density at radius 2 is 1.03 bits per heavy atom. The largest absolute Gasteiger partial charge is 0.472 e. The van der Waals surface area contributed by atoms with Crippen LogP contribution in [0.1, 0.15) is 162 Å². The van der Waals surface area contributed by atoms with Gasteiger partial charge in [-0.1, -0.05) is 19.3 Å². The van der Waals surface area contributed by atoms with Gasteiger partial charge in [-0.2, -0.15) is 4.67 Å². The van der Waals surface area contributed by atoms with E-state index in [2.05, 4.69) is 48.4 Å². The average Bonchev–Trinajstić information content (AvgIpc) is 1.50. The molecule has 0 spiro atoms. The van der Waals surface area contributed by atoms with Gasteiger partial charge in [-0.15, -0.1) is 0 Å². The van der Waals surface area contributed by atoms with Crippen molar-refractivity contribution in [2.75, 3.05) is 78.9 Å². The quantitative estimate of drug-likeness (QED) is 0.0132. The van der Waals surface area contributed by atoms with Gasteiger partial charge in [0, 0.05) is 91.9 Å². The molecule has 0 saturated carbocycles. The summed E-state index contributed by atoms with van der Waals surface area (Å²) in [6.45, 7) is -2.27. The van der Waals surface area contributed by atoms with Gasteiger partial charge < -0.3 is 116 Å². The fraction of sp³-hybridized carbons (Fsp3) is 0.867. The van der Waals surface area contributed by atoms with Crippen LogP contribution in [-0.4, -0.2) is 278 Å². The zero-order chi connectivity index (χ0) is 73.1. The first-order valence-electron chi connectivity index (χ1n) is 34.2. The van der Waals surface area contributed by atoms with Gasteiger partial charge in [0.1, 0.15) is 54.7 Å². The molecule has 4 heterocycles. The van der Waals surface area contributed by atoms with Crippen LogP contribution in [0.3, 0.4) is 0 Å². The van der Waals surface area contributed by atoms with Gasteiger partial charge in [-0.05, 0) is 115 Å². The Bertz CT molecular complexity index is 2580. The number of nitrogens with two attached hydrogens (primary N) is 1. The van der Waals surface area contributed by atoms with Crippen LogP contribution in [-0.2, 0) is 91.9 Å². The minimum Gasteiger partial charge on any atom is -0.394 e. The van der Waals surface area contributed by atoms with Crippen molar-refractivity contribution >= 4 is 73.6 Å². The number of β-amino-alcohol motifs (C(OH)–C–C–N with tert-alkyl or cyclic N) is 1. The lowest BCUT2D eigenvalue weighted by molar-refractivity contribution is -0.270. The third-order valence-corrected chi connectivity index (χ3v) is 19.3. The summed E-state index contributed by atoms with van der Waals surface area (Å²) in [4.78, 5) is 126. The van der Waals surface area contributed by atoms with Crippen molar-refractivity contribution in [2.24, 2.45) is 5.73 Å². The van der Waals surface area contributed by atoms with Crippen LogP contribution in [0.5, 0.6) is 0 Å². The number of hydrogen-bond donors (Lipinski definition) is 17. The van der Waals surface area contributed by atoms with E-state index in [0.717, 1.165) is 6.42 Å². The molecular weight excluding hydrogens is 1370 g/mol. The number of nitrogens with one attached hydrogen (secondary N) is 6. The van der Waals surface area contributed by atoms with Gasteiger partial charge in [0.25, 0.3) is 0 Å². The van der Waals surface area contributed by atoms with E-state index in [1.165, 1.54) is 23.6 Å². The number of unbranched alkanes of at least 4 members (excludes halogenated alkanes) is 9. The first kappa shape index (κ1) is 87.3. The minimum atomic E-state index is -4.79. The van der Waals surface area contributed by atoms with Crippen LogP contribution in [0.25, 0.3) is 0 Å². The Hall–Kier alpha value is -4.12. The molecule has 4 aliphatic rings. The van der Waals surface area contributed by atoms with Gasteiger partial charge in [-0.25, -0.2) is 9.82 Å². The molecule has 4 aliphatic heterocycles. The number of phosphoric ester groups is 1. The molecule has 6 unspecified atom stereocenters. The van der Waals surface area contributed by atoms with E-state index in [0.29, 0.717) is 103 Å². The molecule has 0 aromatic carbocycles. The maximum Gasteiger partial charge on any atom is 0.472 e. The summed E-state index contributed by atoms with van der Waals surface area (Å²) in [7, 11) is -4.79. The Balaban J connectivity index is 1.14. The monoisotopic (exact) mass is 1480 g/mol. The van der Waals surface area contributed by atoms with E-state index in [4.69, 9.17) is 43.5 Å². The molecule has 0 aromatic rings. The number of carbonyl (C=O) groups excluding carboxylic acids is 8. The highest BCUT2D eigenvalue weighted by Crippen LogP contribution is 2.48. The van der Waals surface area contributed by atoms with Crippen molar-refractivity contribution in [3.05, 3.63) is 0 Å². The topological polar surface area (TPSA) is 534 Å². The fourth-order valence-corrected chi connectivity index (χ4v) is 13.3. The molecule has 0 aromatic heterocycles. The van der Waals surface area contributed by atoms with E-state index in [1.54, 1.807) is 0 Å². The number of amides is 8. The number of nitrogens with zero attached hydrogens (tertiary/aromatic N) is 2. The van der Waals surface area contributed by atoms with Gasteiger partial charge in [0.05, 0.1) is 50.7 Å². The Morgan fingerprint density at radius 3 is 1.54 bits per heavy atom. The second-order valence-corrected chi connectivity index (χ2v) is 29.4. The molecule has 4 rings (SSSR count). The van der Waals surface area contributed by atoms with Gasteiger partial charge >= 0.3 is 14.5 Å². The second-order valence-electron chi connectivity index (χ2n) is 25.2. The van der Waals surface area contributed by atoms with Crippen LogP contribution >= 0.6 is 14.5 Å². The predicted octanol–water partition coefficient (Wildman–Crippen LogP) is -2.32. The summed E-state index contributed by atoms with van der Waals surface area (Å²) in [5.41, 5.74) is 5.56. The van der Waals surface area contributed by atoms with Crippen LogP contribution in [0.15, 0.2) is 0 Å². The Kier molecular flexibility index (Phi) is 41.1. The van der Waals surface area contributed by atoms with Gasteiger partial charge in [0.2, 0.25) is 47.3 Å². The Morgan fingerprint density at radius 1 is 0.576 bits per heavy atom. The molecule has 0 aliphatic carbocycles. The average molecular weight is 1480 g/mol. The minimum absolute atomic E-state index is 0.00279. The summed E-state index contributed by atoms with van der Waals surface area (Å²) in [5, 5.41) is 96.4. The normalized spacial score (nSPS) is 27.0. The molecule has 17 atom stereocenters. The molecule has 99 heavy (non-hydrogen) atoms. The summed E-state index contributed by atoms with van der Waals surface area (Å²) in [6, 6.07) is -4.66. The number of ether oxygens (including phenoxy) is 4. The molecule has 0 bridgehead atoms. The van der Waals surface area contributed by atoms with Crippen molar-refractivity contribution in [3.8, 4) is 0 Å². The smallest absolute Gasteiger partial charge is 0.394 e. The highest BCUT2D eigenvalue weighted by molar-refractivity contribution is 8.07. The molecule has 8 amide bonds. The number of hydrogen-bond acceptors (Lipinski definition) is 27. The molecule has 18 N–H and O–H groups in total. The van der Waals surface area contributed by atoms with Crippen molar-refractivity contribution in [3.63, 3.8) is 0 Å². The summed E-state index contributed by atoms with van der Waals surface area (Å²) in [5.74, 6) is -2.89. The van der Waals surface area contributed by atoms with Crippen molar-refractivity contribution in [1.82, 2.24) is 41.7 Å². The molecule has 39 heteroatoms. The van der Waals surface area contributed by atoms with E-state index < -0.39 is 150 Å². The summed E-state index contributed by atoms with van der Waals surface area (Å²) >= 11 is 4.69. The van der Waals surface area contributed by atoms with Gasteiger partial charge in [-0.3, -0.25) is 47.4 Å². The number of aliphatic hydroxyl groups is 7. The number of aliphatic hydroxyl groups excluding tert-OH is 7. The van der Waals surface area contributed by atoms with Crippen LogP contribution in [0, 0.1) is 0 Å². The fourth-order valence-electron chi connectivity index (χ4n) is 11.8. The first-order chi connectivity index (χ1) is 47.1. The van der Waals surface area contributed by atoms with Crippen LogP contribution in [0.2, 0.25) is 0 Å². The summed E-state index contributed by atoms with van der Waals surface area (Å²) in [6.07, 6.45) is -4.03. The Labute approximate surface area is 581 Å². The molecular formula is C60H109N9O27P2S. The van der Waals surface area contributed by atoms with Crippen LogP contribution < -0.4 is 37.6 Å². The molecule has 0 radical (unpaired) electrons. The predicted molar refractivity (Wildman–Crippen MR) is 353 cm³/mol. The van der Waals surface area contributed by atoms with E-state index in [1.807, 2.05) is 0 Å². The van der Waals surface area contributed by atoms with Crippen molar-refractivity contribution < 1.29 is 131 Å². The highest BCUT2D eigenvalue weighted by Gasteiger charge is 2.47. The van der Waals surface area contributed by atoms with E-state index in [-0.39, 0.29) is 121 Å². The SMILES string of the molecule is CC(=O)N[C@@H]1C(OCCCCC(=O)NCCCC[C@H](NC(=O)CCCCOC2OC(CO)[C@H](O)[C@H](O)[C@@H]2NC(C)=O)C(=O)NCCCCCC(=O)NCCCCCC(=O)N2C[C@H](O)C[C@H]2COP(=O)(O)O[C@@H]2C[C@@H](COP(O)(=S)OO)N(C(=O)CCCCCN)C2)OC(CO)[C@H](O)[C@@H]1O. The van der Waals surface area contributed by atoms with Gasteiger partial charge in [0.15, 0.2) is 12.6 Å².